The number of piperazine rings is 1. The van der Waals surface area contributed by atoms with Crippen molar-refractivity contribution in [2.24, 2.45) is 0 Å². The Morgan fingerprint density at radius 3 is 2.63 bits per heavy atom. The van der Waals surface area contributed by atoms with Crippen molar-refractivity contribution >= 4 is 34.0 Å². The van der Waals surface area contributed by atoms with E-state index in [1.165, 1.54) is 24.3 Å². The number of hydrogen-bond donors (Lipinski definition) is 3. The molecule has 1 aliphatic heterocycles. The smallest absolute Gasteiger partial charge is 0.259 e. The van der Waals surface area contributed by atoms with Crippen LogP contribution in [0.3, 0.4) is 0 Å². The van der Waals surface area contributed by atoms with E-state index >= 15 is 4.39 Å². The summed E-state index contributed by atoms with van der Waals surface area (Å²) in [6.45, 7) is 3.63. The summed E-state index contributed by atoms with van der Waals surface area (Å²) >= 11 is 0. The van der Waals surface area contributed by atoms with Crippen molar-refractivity contribution in [1.29, 1.82) is 0 Å². The van der Waals surface area contributed by atoms with Crippen LogP contribution < -0.4 is 25.8 Å². The minimum absolute atomic E-state index is 0.100. The lowest BCUT2D eigenvalue weighted by molar-refractivity contribution is 0.0824. The van der Waals surface area contributed by atoms with Gasteiger partial charge in [0.15, 0.2) is 0 Å². The zero-order valence-corrected chi connectivity index (χ0v) is 21.3. The van der Waals surface area contributed by atoms with Crippen molar-refractivity contribution in [3.05, 3.63) is 70.5 Å². The second-order valence-electron chi connectivity index (χ2n) is 9.12. The molecule has 0 bridgehead atoms. The maximum absolute atomic E-state index is 15.4. The lowest BCUT2D eigenvalue weighted by atomic mass is 10.0. The molecule has 1 aromatic carbocycles. The van der Waals surface area contributed by atoms with Crippen LogP contribution in [0.5, 0.6) is 5.75 Å². The van der Waals surface area contributed by atoms with Gasteiger partial charge in [0.1, 0.15) is 17.4 Å². The molecule has 0 saturated carbocycles. The highest BCUT2D eigenvalue weighted by atomic mass is 19.1. The van der Waals surface area contributed by atoms with Crippen molar-refractivity contribution in [1.82, 2.24) is 25.2 Å². The molecule has 11 heteroatoms. The van der Waals surface area contributed by atoms with E-state index in [0.29, 0.717) is 22.4 Å². The Morgan fingerprint density at radius 1 is 1.16 bits per heavy atom. The Hall–Kier alpha value is -4.51. The van der Waals surface area contributed by atoms with Gasteiger partial charge in [0.2, 0.25) is 0 Å². The molecule has 196 valence electrons. The van der Waals surface area contributed by atoms with E-state index in [0.717, 1.165) is 37.9 Å². The molecule has 1 saturated heterocycles. The first-order valence-corrected chi connectivity index (χ1v) is 12.2. The summed E-state index contributed by atoms with van der Waals surface area (Å²) in [5, 5.41) is 6.85. The zero-order chi connectivity index (χ0) is 26.8. The van der Waals surface area contributed by atoms with Crippen LogP contribution in [-0.2, 0) is 0 Å². The van der Waals surface area contributed by atoms with Crippen molar-refractivity contribution < 1.29 is 13.9 Å². The van der Waals surface area contributed by atoms with E-state index in [1.807, 2.05) is 12.1 Å². The fourth-order valence-corrected chi connectivity index (χ4v) is 4.46. The van der Waals surface area contributed by atoms with Crippen LogP contribution in [0, 0.1) is 5.82 Å². The number of fused-ring (bicyclic) bond motifs is 1. The fraction of sp³-hybridized carbons (Fsp3) is 0.259. The molecule has 10 nitrogen and oxygen atoms in total. The lowest BCUT2D eigenvalue weighted by Crippen LogP contribution is -2.43. The van der Waals surface area contributed by atoms with Crippen molar-refractivity contribution in [3.63, 3.8) is 0 Å². The first-order chi connectivity index (χ1) is 18.4. The minimum Gasteiger partial charge on any atom is -0.496 e. The molecule has 0 atom stereocenters. The first-order valence-electron chi connectivity index (χ1n) is 12.2. The molecule has 0 aliphatic carbocycles. The summed E-state index contributed by atoms with van der Waals surface area (Å²) in [5.41, 5.74) is 1.96. The number of ether oxygens (including phenoxy) is 1. The maximum Gasteiger partial charge on any atom is 0.259 e. The fourth-order valence-electron chi connectivity index (χ4n) is 4.46. The van der Waals surface area contributed by atoms with E-state index in [1.54, 1.807) is 32.4 Å². The molecule has 3 aromatic heterocycles. The second kappa shape index (κ2) is 10.5. The van der Waals surface area contributed by atoms with E-state index < -0.39 is 5.82 Å². The predicted octanol–water partition coefficient (Wildman–Crippen LogP) is 2.99. The third-order valence-electron chi connectivity index (χ3n) is 6.42. The zero-order valence-electron chi connectivity index (χ0n) is 21.3. The van der Waals surface area contributed by atoms with Gasteiger partial charge >= 0.3 is 0 Å². The Morgan fingerprint density at radius 2 is 1.95 bits per heavy atom. The summed E-state index contributed by atoms with van der Waals surface area (Å²) in [6.07, 6.45) is 3.27. The van der Waals surface area contributed by atoms with Crippen LogP contribution in [0.15, 0.2) is 53.6 Å². The molecule has 0 spiro atoms. The van der Waals surface area contributed by atoms with Gasteiger partial charge in [0, 0.05) is 52.0 Å². The number of halogens is 1. The highest BCUT2D eigenvalue weighted by Crippen LogP contribution is 2.34. The van der Waals surface area contributed by atoms with Gasteiger partial charge in [0.05, 0.1) is 46.8 Å². The molecule has 0 radical (unpaired) electrons. The Kier molecular flexibility index (Phi) is 6.93. The summed E-state index contributed by atoms with van der Waals surface area (Å²) < 4.78 is 20.8. The molecule has 1 amide bonds. The highest BCUT2D eigenvalue weighted by Gasteiger charge is 2.21. The van der Waals surface area contributed by atoms with Gasteiger partial charge in [-0.2, -0.15) is 0 Å². The molecule has 0 unspecified atom stereocenters. The summed E-state index contributed by atoms with van der Waals surface area (Å²) in [4.78, 5) is 40.6. The van der Waals surface area contributed by atoms with Crippen LogP contribution in [-0.4, -0.2) is 73.1 Å². The molecule has 38 heavy (non-hydrogen) atoms. The van der Waals surface area contributed by atoms with Crippen LogP contribution >= 0.6 is 0 Å². The lowest BCUT2D eigenvalue weighted by Gasteiger charge is -2.29. The van der Waals surface area contributed by atoms with Crippen LogP contribution in [0.2, 0.25) is 0 Å². The van der Waals surface area contributed by atoms with E-state index in [9.17, 15) is 9.59 Å². The third kappa shape index (κ3) is 4.88. The average molecular weight is 518 g/mol. The summed E-state index contributed by atoms with van der Waals surface area (Å²) in [7, 11) is 4.58. The van der Waals surface area contributed by atoms with Crippen molar-refractivity contribution in [3.8, 4) is 17.0 Å². The van der Waals surface area contributed by atoms with Gasteiger partial charge < -0.3 is 30.2 Å². The molecule has 4 heterocycles. The molecule has 3 N–H and O–H groups in total. The van der Waals surface area contributed by atoms with E-state index in [-0.39, 0.29) is 34.0 Å². The largest absolute Gasteiger partial charge is 0.496 e. The number of carbonyl (C=O) groups is 1. The van der Waals surface area contributed by atoms with Crippen molar-refractivity contribution in [2.75, 3.05) is 57.6 Å². The summed E-state index contributed by atoms with van der Waals surface area (Å²) in [6, 6.07) is 9.63. The molecule has 1 aliphatic rings. The molecular formula is C27H28FN7O3. The van der Waals surface area contributed by atoms with Crippen molar-refractivity contribution in [2.45, 2.75) is 0 Å². The minimum atomic E-state index is -0.642. The number of aromatic nitrogens is 3. The number of anilines is 3. The Bertz CT molecular complexity index is 1550. The van der Waals surface area contributed by atoms with E-state index in [4.69, 9.17) is 4.74 Å². The first kappa shape index (κ1) is 25.2. The number of nitrogens with one attached hydrogen (secondary N) is 3. The quantitative estimate of drug-likeness (QED) is 0.358. The maximum atomic E-state index is 15.4. The average Bonchev–Trinajstić information content (AvgIpc) is 2.93. The molecule has 4 aromatic rings. The number of H-pyrrole nitrogens is 1. The topological polar surface area (TPSA) is 115 Å². The normalized spacial score (nSPS) is 13.4. The SMILES string of the molecule is COc1cc(-c2cc(Nc3ccc(N4CCNCC4)cn3)c3c(=O)[nH]ccc3n2)c(F)cc1C(=O)N(C)C. The number of rotatable bonds is 6. The number of amides is 1. The van der Waals surface area contributed by atoms with Crippen LogP contribution in [0.4, 0.5) is 21.6 Å². The number of benzene rings is 1. The van der Waals surface area contributed by atoms with E-state index in [2.05, 4.69) is 30.5 Å². The van der Waals surface area contributed by atoms with Gasteiger partial charge in [-0.15, -0.1) is 0 Å². The number of aromatic amines is 1. The standard InChI is InChI=1S/C27H28FN7O3/c1-34(2)27(37)18-12-19(28)17(13-23(18)38-3)21-14-22(25-20(32-21)6-7-30-26(25)36)33-24-5-4-16(15-31-24)35-10-8-29-9-11-35/h4-7,12-15,29H,8-11H2,1-3H3,(H,30,36)(H,31,32,33). The predicted molar refractivity (Wildman–Crippen MR) is 145 cm³/mol. The van der Waals surface area contributed by atoms with Gasteiger partial charge in [-0.05, 0) is 36.4 Å². The third-order valence-corrected chi connectivity index (χ3v) is 6.42. The highest BCUT2D eigenvalue weighted by molar-refractivity contribution is 5.98. The number of hydrogen-bond acceptors (Lipinski definition) is 8. The van der Waals surface area contributed by atoms with Crippen LogP contribution in [0.1, 0.15) is 10.4 Å². The van der Waals surface area contributed by atoms with Gasteiger partial charge in [-0.3, -0.25) is 9.59 Å². The van der Waals surface area contributed by atoms with Gasteiger partial charge in [0.25, 0.3) is 11.5 Å². The number of methoxy groups -OCH3 is 1. The second-order valence-corrected chi connectivity index (χ2v) is 9.12. The van der Waals surface area contributed by atoms with Crippen LogP contribution in [0.25, 0.3) is 22.2 Å². The number of nitrogens with zero attached hydrogens (tertiary/aromatic N) is 4. The van der Waals surface area contributed by atoms with Gasteiger partial charge in [-0.25, -0.2) is 14.4 Å². The molecule has 1 fully saturated rings. The summed E-state index contributed by atoms with van der Waals surface area (Å²) in [5.74, 6) is -0.289. The Labute approximate surface area is 218 Å². The Balaban J connectivity index is 1.56. The molecular weight excluding hydrogens is 489 g/mol. The number of carbonyl (C=O) groups excluding carboxylic acids is 1. The van der Waals surface area contributed by atoms with Gasteiger partial charge in [-0.1, -0.05) is 0 Å². The number of pyridine rings is 3. The molecule has 5 rings (SSSR count). The monoisotopic (exact) mass is 517 g/mol.